The zero-order chi connectivity index (χ0) is 16.9. The van der Waals surface area contributed by atoms with Gasteiger partial charge in [-0.1, -0.05) is 38.1 Å². The highest BCUT2D eigenvalue weighted by Crippen LogP contribution is 2.20. The maximum atomic E-state index is 4.72. The number of benzene rings is 1. The topological polar surface area (TPSA) is 34.0 Å². The normalized spacial score (nSPS) is 11.5. The number of nitrogens with zero attached hydrogens (tertiary/aromatic N) is 4. The van der Waals surface area contributed by atoms with Crippen molar-refractivity contribution >= 4 is 11.3 Å². The molecule has 4 nitrogen and oxygen atoms in total. The molecule has 0 aliphatic carbocycles. The molecule has 3 aromatic rings. The fraction of sp³-hybridized carbons (Fsp3) is 0.368. The van der Waals surface area contributed by atoms with Crippen LogP contribution in [0.4, 0.5) is 0 Å². The van der Waals surface area contributed by atoms with Crippen LogP contribution in [-0.2, 0) is 19.6 Å². The minimum Gasteiger partial charge on any atom is -0.296 e. The molecule has 0 spiro atoms. The third kappa shape index (κ3) is 4.52. The second-order valence-electron chi connectivity index (χ2n) is 6.53. The van der Waals surface area contributed by atoms with Crippen molar-refractivity contribution in [1.82, 2.24) is 19.7 Å². The molecule has 0 unspecified atom stereocenters. The summed E-state index contributed by atoms with van der Waals surface area (Å²) in [5.41, 5.74) is 3.76. The van der Waals surface area contributed by atoms with Crippen LogP contribution in [0.15, 0.2) is 48.1 Å². The number of rotatable bonds is 7. The molecule has 0 N–H and O–H groups in total. The summed E-state index contributed by atoms with van der Waals surface area (Å²) in [5, 5.41) is 7.68. The first-order chi connectivity index (χ1) is 11.6. The Labute approximate surface area is 147 Å². The molecule has 0 atom stereocenters. The van der Waals surface area contributed by atoms with E-state index in [-0.39, 0.29) is 0 Å². The van der Waals surface area contributed by atoms with Crippen molar-refractivity contribution in [3.05, 3.63) is 69.9 Å². The Balaban J connectivity index is 1.60. The van der Waals surface area contributed by atoms with Gasteiger partial charge in [-0.2, -0.15) is 5.10 Å². The molecule has 24 heavy (non-hydrogen) atoms. The van der Waals surface area contributed by atoms with Crippen molar-refractivity contribution in [1.29, 1.82) is 0 Å². The van der Waals surface area contributed by atoms with Gasteiger partial charge in [-0.05, 0) is 24.2 Å². The Bertz CT molecular complexity index is 761. The van der Waals surface area contributed by atoms with E-state index in [0.717, 1.165) is 19.6 Å². The Morgan fingerprint density at radius 1 is 1.17 bits per heavy atom. The summed E-state index contributed by atoms with van der Waals surface area (Å²) in [7, 11) is 2.15. The van der Waals surface area contributed by atoms with Crippen molar-refractivity contribution in [2.45, 2.75) is 39.4 Å². The van der Waals surface area contributed by atoms with Crippen LogP contribution >= 0.6 is 11.3 Å². The molecule has 0 amide bonds. The van der Waals surface area contributed by atoms with Gasteiger partial charge in [0.05, 0.1) is 17.2 Å². The molecule has 0 saturated heterocycles. The lowest BCUT2D eigenvalue weighted by Gasteiger charge is -2.16. The lowest BCUT2D eigenvalue weighted by Crippen LogP contribution is -2.17. The fourth-order valence-corrected chi connectivity index (χ4v) is 3.54. The van der Waals surface area contributed by atoms with Gasteiger partial charge in [0.2, 0.25) is 0 Å². The van der Waals surface area contributed by atoms with E-state index >= 15 is 0 Å². The summed E-state index contributed by atoms with van der Waals surface area (Å²) < 4.78 is 1.95. The monoisotopic (exact) mass is 340 g/mol. The molecular weight excluding hydrogens is 316 g/mol. The van der Waals surface area contributed by atoms with E-state index in [1.54, 1.807) is 11.3 Å². The molecule has 1 aromatic carbocycles. The minimum atomic E-state index is 0.507. The minimum absolute atomic E-state index is 0.507. The average molecular weight is 340 g/mol. The van der Waals surface area contributed by atoms with Gasteiger partial charge in [0, 0.05) is 36.8 Å². The van der Waals surface area contributed by atoms with Gasteiger partial charge in [0.25, 0.3) is 0 Å². The third-order valence-electron chi connectivity index (χ3n) is 3.84. The molecule has 3 rings (SSSR count). The standard InChI is InChI=1S/C19H24N4S/c1-15(2)19-21-18(14-24-19)13-22(3)11-16-6-4-7-17(10-16)12-23-9-5-8-20-23/h4-10,14-15H,11-13H2,1-3H3. The summed E-state index contributed by atoms with van der Waals surface area (Å²) in [5.74, 6) is 0.507. The van der Waals surface area contributed by atoms with Crippen LogP contribution in [-0.4, -0.2) is 26.7 Å². The van der Waals surface area contributed by atoms with Gasteiger partial charge in [-0.3, -0.25) is 9.58 Å². The quantitative estimate of drug-likeness (QED) is 0.648. The van der Waals surface area contributed by atoms with E-state index in [1.165, 1.54) is 21.8 Å². The Kier molecular flexibility index (Phi) is 5.43. The predicted octanol–water partition coefficient (Wildman–Crippen LogP) is 4.14. The van der Waals surface area contributed by atoms with Crippen LogP contribution in [0.2, 0.25) is 0 Å². The van der Waals surface area contributed by atoms with E-state index in [2.05, 4.69) is 60.5 Å². The smallest absolute Gasteiger partial charge is 0.0954 e. The van der Waals surface area contributed by atoms with Gasteiger partial charge in [0.15, 0.2) is 0 Å². The van der Waals surface area contributed by atoms with E-state index in [9.17, 15) is 0 Å². The van der Waals surface area contributed by atoms with Crippen LogP contribution in [0.1, 0.15) is 41.6 Å². The van der Waals surface area contributed by atoms with Crippen molar-refractivity contribution < 1.29 is 0 Å². The predicted molar refractivity (Wildman–Crippen MR) is 99.1 cm³/mol. The molecule has 2 heterocycles. The Morgan fingerprint density at radius 2 is 2.00 bits per heavy atom. The number of thiazole rings is 1. The summed E-state index contributed by atoms with van der Waals surface area (Å²) in [6.45, 7) is 7.00. The lowest BCUT2D eigenvalue weighted by atomic mass is 10.1. The molecule has 0 saturated carbocycles. The largest absolute Gasteiger partial charge is 0.296 e. The van der Waals surface area contributed by atoms with E-state index in [4.69, 9.17) is 4.98 Å². The van der Waals surface area contributed by atoms with Crippen LogP contribution in [0, 0.1) is 0 Å². The summed E-state index contributed by atoms with van der Waals surface area (Å²) in [6, 6.07) is 10.7. The van der Waals surface area contributed by atoms with E-state index in [0.29, 0.717) is 5.92 Å². The first-order valence-electron chi connectivity index (χ1n) is 8.28. The van der Waals surface area contributed by atoms with Crippen molar-refractivity contribution in [3.8, 4) is 0 Å². The highest BCUT2D eigenvalue weighted by atomic mass is 32.1. The summed E-state index contributed by atoms with van der Waals surface area (Å²) in [6.07, 6.45) is 3.81. The first-order valence-corrected chi connectivity index (χ1v) is 9.16. The number of hydrogen-bond donors (Lipinski definition) is 0. The number of aromatic nitrogens is 3. The molecule has 0 radical (unpaired) electrons. The second-order valence-corrected chi connectivity index (χ2v) is 7.42. The van der Waals surface area contributed by atoms with Gasteiger partial charge in [-0.25, -0.2) is 4.98 Å². The molecule has 5 heteroatoms. The maximum Gasteiger partial charge on any atom is 0.0954 e. The van der Waals surface area contributed by atoms with Crippen molar-refractivity contribution in [2.24, 2.45) is 0 Å². The van der Waals surface area contributed by atoms with Gasteiger partial charge >= 0.3 is 0 Å². The van der Waals surface area contributed by atoms with Gasteiger partial charge < -0.3 is 0 Å². The van der Waals surface area contributed by atoms with Crippen LogP contribution < -0.4 is 0 Å². The molecule has 2 aromatic heterocycles. The molecule has 0 aliphatic rings. The molecule has 0 bridgehead atoms. The SMILES string of the molecule is CC(C)c1nc(CN(C)Cc2cccc(Cn3cccn3)c2)cs1. The van der Waals surface area contributed by atoms with E-state index < -0.39 is 0 Å². The molecule has 0 aliphatic heterocycles. The maximum absolute atomic E-state index is 4.72. The van der Waals surface area contributed by atoms with Crippen LogP contribution in [0.3, 0.4) is 0 Å². The zero-order valence-electron chi connectivity index (χ0n) is 14.5. The highest BCUT2D eigenvalue weighted by molar-refractivity contribution is 7.09. The first kappa shape index (κ1) is 16.9. The molecule has 126 valence electrons. The summed E-state index contributed by atoms with van der Waals surface area (Å²) >= 11 is 1.76. The third-order valence-corrected chi connectivity index (χ3v) is 5.04. The Morgan fingerprint density at radius 3 is 2.71 bits per heavy atom. The lowest BCUT2D eigenvalue weighted by molar-refractivity contribution is 0.315. The van der Waals surface area contributed by atoms with Gasteiger partial charge in [0.1, 0.15) is 0 Å². The summed E-state index contributed by atoms with van der Waals surface area (Å²) in [4.78, 5) is 7.04. The van der Waals surface area contributed by atoms with Crippen LogP contribution in [0.5, 0.6) is 0 Å². The van der Waals surface area contributed by atoms with Gasteiger partial charge in [-0.15, -0.1) is 11.3 Å². The molecular formula is C19H24N4S. The average Bonchev–Trinajstić information content (AvgIpc) is 3.19. The Hall–Kier alpha value is -1.98. The highest BCUT2D eigenvalue weighted by Gasteiger charge is 2.08. The van der Waals surface area contributed by atoms with Crippen molar-refractivity contribution in [3.63, 3.8) is 0 Å². The van der Waals surface area contributed by atoms with Crippen LogP contribution in [0.25, 0.3) is 0 Å². The second kappa shape index (κ2) is 7.73. The molecule has 0 fully saturated rings. The van der Waals surface area contributed by atoms with Crippen molar-refractivity contribution in [2.75, 3.05) is 7.05 Å². The number of hydrogen-bond acceptors (Lipinski definition) is 4. The fourth-order valence-electron chi connectivity index (χ4n) is 2.71. The zero-order valence-corrected chi connectivity index (χ0v) is 15.3. The van der Waals surface area contributed by atoms with E-state index in [1.807, 2.05) is 23.1 Å².